The molecule has 2 heterocycles. The van der Waals surface area contributed by atoms with Gasteiger partial charge in [-0.3, -0.25) is 19.8 Å². The van der Waals surface area contributed by atoms with Crippen LogP contribution in [0.15, 0.2) is 10.6 Å². The lowest BCUT2D eigenvalue weighted by Gasteiger charge is -2.32. The predicted octanol–water partition coefficient (Wildman–Crippen LogP) is 1.94. The van der Waals surface area contributed by atoms with Gasteiger partial charge in [-0.25, -0.2) is 0 Å². The van der Waals surface area contributed by atoms with Crippen LogP contribution in [0.3, 0.4) is 0 Å². The van der Waals surface area contributed by atoms with Crippen molar-refractivity contribution in [2.24, 2.45) is 5.92 Å². The number of nitrogens with one attached hydrogen (secondary N) is 2. The van der Waals surface area contributed by atoms with Gasteiger partial charge in [0.05, 0.1) is 18.2 Å². The number of anilines is 1. The lowest BCUT2D eigenvalue weighted by atomic mass is 9.96. The quantitative estimate of drug-likeness (QED) is 0.794. The summed E-state index contributed by atoms with van der Waals surface area (Å²) in [6.45, 7) is 7.65. The van der Waals surface area contributed by atoms with E-state index in [2.05, 4.69) is 22.7 Å². The lowest BCUT2D eigenvalue weighted by Crippen LogP contribution is -2.47. The van der Waals surface area contributed by atoms with Crippen LogP contribution in [0, 0.1) is 12.8 Å². The Kier molecular flexibility index (Phi) is 6.78. The van der Waals surface area contributed by atoms with E-state index in [1.54, 1.807) is 13.0 Å². The average molecular weight is 336 g/mol. The largest absolute Gasteiger partial charge is 0.353 e. The van der Waals surface area contributed by atoms with Crippen molar-refractivity contribution < 1.29 is 14.1 Å². The van der Waals surface area contributed by atoms with Crippen LogP contribution >= 0.6 is 0 Å². The molecule has 0 aliphatic carbocycles. The molecule has 1 saturated heterocycles. The van der Waals surface area contributed by atoms with E-state index < -0.39 is 0 Å². The third kappa shape index (κ3) is 5.63. The second-order valence-corrected chi connectivity index (χ2v) is 6.65. The minimum Gasteiger partial charge on any atom is -0.353 e. The molecule has 2 amide bonds. The van der Waals surface area contributed by atoms with E-state index in [1.165, 1.54) is 0 Å². The van der Waals surface area contributed by atoms with Crippen molar-refractivity contribution in [3.63, 3.8) is 0 Å². The van der Waals surface area contributed by atoms with Crippen LogP contribution in [0.4, 0.5) is 5.88 Å². The third-order valence-electron chi connectivity index (χ3n) is 4.24. The number of hydrogen-bond acceptors (Lipinski definition) is 5. The zero-order chi connectivity index (χ0) is 17.5. The standard InChI is InChI=1S/C17H28N4O3/c1-4-6-12(2)18-17(23)14-7-5-8-21(10-14)11-15(22)19-16-9-13(3)20-24-16/h9,12,14H,4-8,10-11H2,1-3H3,(H,18,23)(H,19,22). The maximum atomic E-state index is 12.3. The fourth-order valence-electron chi connectivity index (χ4n) is 3.08. The van der Waals surface area contributed by atoms with Crippen molar-refractivity contribution in [1.29, 1.82) is 0 Å². The lowest BCUT2D eigenvalue weighted by molar-refractivity contribution is -0.128. The molecule has 2 rings (SSSR count). The highest BCUT2D eigenvalue weighted by molar-refractivity contribution is 5.91. The van der Waals surface area contributed by atoms with E-state index in [4.69, 9.17) is 4.52 Å². The fraction of sp³-hybridized carbons (Fsp3) is 0.706. The molecule has 2 atom stereocenters. The van der Waals surface area contributed by atoms with E-state index in [0.29, 0.717) is 12.4 Å². The average Bonchev–Trinajstić information content (AvgIpc) is 2.92. The van der Waals surface area contributed by atoms with Crippen LogP contribution in [0.25, 0.3) is 0 Å². The van der Waals surface area contributed by atoms with Gasteiger partial charge in [0.15, 0.2) is 0 Å². The first kappa shape index (κ1) is 18.4. The van der Waals surface area contributed by atoms with Crippen molar-refractivity contribution in [2.45, 2.75) is 52.5 Å². The van der Waals surface area contributed by atoms with Gasteiger partial charge < -0.3 is 9.84 Å². The molecule has 0 bridgehead atoms. The van der Waals surface area contributed by atoms with Crippen LogP contribution in [0.2, 0.25) is 0 Å². The summed E-state index contributed by atoms with van der Waals surface area (Å²) in [5, 5.41) is 9.51. The fourth-order valence-corrected chi connectivity index (χ4v) is 3.08. The van der Waals surface area contributed by atoms with Gasteiger partial charge in [0.1, 0.15) is 0 Å². The van der Waals surface area contributed by atoms with Crippen molar-refractivity contribution in [2.75, 3.05) is 25.0 Å². The van der Waals surface area contributed by atoms with Gasteiger partial charge in [0.25, 0.3) is 0 Å². The van der Waals surface area contributed by atoms with E-state index in [1.807, 2.05) is 11.8 Å². The molecular formula is C17H28N4O3. The highest BCUT2D eigenvalue weighted by Crippen LogP contribution is 2.17. The zero-order valence-electron chi connectivity index (χ0n) is 14.8. The van der Waals surface area contributed by atoms with Crippen LogP contribution in [0.5, 0.6) is 0 Å². The topological polar surface area (TPSA) is 87.5 Å². The van der Waals surface area contributed by atoms with E-state index >= 15 is 0 Å². The van der Waals surface area contributed by atoms with Gasteiger partial charge in [-0.15, -0.1) is 0 Å². The van der Waals surface area contributed by atoms with Gasteiger partial charge in [-0.2, -0.15) is 0 Å². The smallest absolute Gasteiger partial charge is 0.240 e. The van der Waals surface area contributed by atoms with Gasteiger partial charge in [-0.1, -0.05) is 18.5 Å². The summed E-state index contributed by atoms with van der Waals surface area (Å²) < 4.78 is 4.99. The molecule has 0 radical (unpaired) electrons. The molecule has 0 aromatic carbocycles. The van der Waals surface area contributed by atoms with Crippen LogP contribution in [-0.4, -0.2) is 47.5 Å². The molecule has 134 valence electrons. The summed E-state index contributed by atoms with van der Waals surface area (Å²) in [5.74, 6) is 0.272. The first-order chi connectivity index (χ1) is 11.5. The summed E-state index contributed by atoms with van der Waals surface area (Å²) in [6.07, 6.45) is 3.85. The minimum absolute atomic E-state index is 0.0432. The van der Waals surface area contributed by atoms with E-state index in [0.717, 1.165) is 37.9 Å². The Morgan fingerprint density at radius 2 is 2.29 bits per heavy atom. The molecule has 7 nitrogen and oxygen atoms in total. The number of hydrogen-bond donors (Lipinski definition) is 2. The molecule has 7 heteroatoms. The molecule has 0 saturated carbocycles. The number of aromatic nitrogens is 1. The number of likely N-dealkylation sites (tertiary alicyclic amines) is 1. The summed E-state index contributed by atoms with van der Waals surface area (Å²) in [5.41, 5.74) is 0.723. The SMILES string of the molecule is CCCC(C)NC(=O)C1CCCN(CC(=O)Nc2cc(C)no2)C1. The van der Waals surface area contributed by atoms with Gasteiger partial charge in [0.2, 0.25) is 17.7 Å². The molecule has 1 aliphatic rings. The molecule has 1 aliphatic heterocycles. The van der Waals surface area contributed by atoms with E-state index in [9.17, 15) is 9.59 Å². The number of carbonyl (C=O) groups is 2. The predicted molar refractivity (Wildman–Crippen MR) is 91.5 cm³/mol. The van der Waals surface area contributed by atoms with Crippen molar-refractivity contribution in [3.8, 4) is 0 Å². The number of rotatable bonds is 7. The van der Waals surface area contributed by atoms with Crippen molar-refractivity contribution >= 4 is 17.7 Å². The maximum absolute atomic E-state index is 12.3. The Hall–Kier alpha value is -1.89. The molecule has 1 fully saturated rings. The highest BCUT2D eigenvalue weighted by atomic mass is 16.5. The van der Waals surface area contributed by atoms with Crippen LogP contribution < -0.4 is 10.6 Å². The summed E-state index contributed by atoms with van der Waals surface area (Å²) in [7, 11) is 0. The monoisotopic (exact) mass is 336 g/mol. The Bertz CT molecular complexity index is 558. The number of nitrogens with zero attached hydrogens (tertiary/aromatic N) is 2. The first-order valence-electron chi connectivity index (χ1n) is 8.73. The molecule has 2 N–H and O–H groups in total. The zero-order valence-corrected chi connectivity index (χ0v) is 14.8. The Morgan fingerprint density at radius 1 is 1.50 bits per heavy atom. The second-order valence-electron chi connectivity index (χ2n) is 6.65. The minimum atomic E-state index is -0.147. The number of carbonyl (C=O) groups excluding carboxylic acids is 2. The molecule has 1 aromatic rings. The Balaban J connectivity index is 1.79. The van der Waals surface area contributed by atoms with Crippen LogP contribution in [-0.2, 0) is 9.59 Å². The second kappa shape index (κ2) is 8.82. The maximum Gasteiger partial charge on any atom is 0.240 e. The molecular weight excluding hydrogens is 308 g/mol. The van der Waals surface area contributed by atoms with Crippen LogP contribution in [0.1, 0.15) is 45.2 Å². The highest BCUT2D eigenvalue weighted by Gasteiger charge is 2.27. The molecule has 1 aromatic heterocycles. The van der Waals surface area contributed by atoms with Gasteiger partial charge in [-0.05, 0) is 39.7 Å². The summed E-state index contributed by atoms with van der Waals surface area (Å²) in [4.78, 5) is 26.5. The summed E-state index contributed by atoms with van der Waals surface area (Å²) in [6, 6.07) is 1.88. The Labute approximate surface area is 143 Å². The normalized spacial score (nSPS) is 19.7. The number of aryl methyl sites for hydroxylation is 1. The van der Waals surface area contributed by atoms with Gasteiger partial charge >= 0.3 is 0 Å². The Morgan fingerprint density at radius 3 is 2.96 bits per heavy atom. The third-order valence-corrected chi connectivity index (χ3v) is 4.24. The number of piperidine rings is 1. The van der Waals surface area contributed by atoms with Gasteiger partial charge in [0, 0.05) is 18.7 Å². The molecule has 2 unspecified atom stereocenters. The molecule has 0 spiro atoms. The number of amides is 2. The van der Waals surface area contributed by atoms with E-state index in [-0.39, 0.29) is 30.3 Å². The van der Waals surface area contributed by atoms with Crippen molar-refractivity contribution in [3.05, 3.63) is 11.8 Å². The first-order valence-corrected chi connectivity index (χ1v) is 8.73. The van der Waals surface area contributed by atoms with Crippen molar-refractivity contribution in [1.82, 2.24) is 15.4 Å². The molecule has 24 heavy (non-hydrogen) atoms. The summed E-state index contributed by atoms with van der Waals surface area (Å²) >= 11 is 0.